The maximum Gasteiger partial charge on any atom is 0.231 e. The molecular formula is C10H16N4O2S. The first-order valence-electron chi connectivity index (χ1n) is 5.03. The molecule has 0 atom stereocenters. The summed E-state index contributed by atoms with van der Waals surface area (Å²) in [5.41, 5.74) is 5.45. The molecule has 0 bridgehead atoms. The van der Waals surface area contributed by atoms with Gasteiger partial charge in [0.2, 0.25) is 17.7 Å². The molecule has 0 aliphatic rings. The highest BCUT2D eigenvalue weighted by atomic mass is 32.1. The number of aromatic nitrogens is 2. The number of nitrogens with two attached hydrogens (primary N) is 1. The van der Waals surface area contributed by atoms with Gasteiger partial charge in [0.15, 0.2) is 0 Å². The number of hydrogen-bond acceptors (Lipinski definition) is 6. The summed E-state index contributed by atoms with van der Waals surface area (Å²) in [5.74, 6) is 1.42. The van der Waals surface area contributed by atoms with Gasteiger partial charge in [-0.1, -0.05) is 12.2 Å². The van der Waals surface area contributed by atoms with E-state index in [1.54, 1.807) is 20.3 Å². The molecule has 0 saturated heterocycles. The molecular weight excluding hydrogens is 240 g/mol. The summed E-state index contributed by atoms with van der Waals surface area (Å²) >= 11 is 4.82. The van der Waals surface area contributed by atoms with Gasteiger partial charge in [-0.2, -0.15) is 9.97 Å². The van der Waals surface area contributed by atoms with Crippen molar-refractivity contribution >= 4 is 23.2 Å². The fourth-order valence-electron chi connectivity index (χ4n) is 1.15. The minimum atomic E-state index is 0.453. The molecule has 0 aliphatic carbocycles. The van der Waals surface area contributed by atoms with E-state index in [0.717, 1.165) is 0 Å². The van der Waals surface area contributed by atoms with Crippen molar-refractivity contribution in [2.24, 2.45) is 5.73 Å². The van der Waals surface area contributed by atoms with Crippen LogP contribution in [0.1, 0.15) is 6.42 Å². The van der Waals surface area contributed by atoms with Crippen molar-refractivity contribution < 1.29 is 9.47 Å². The summed E-state index contributed by atoms with van der Waals surface area (Å²) in [6.45, 7) is 0.644. The van der Waals surface area contributed by atoms with Crippen LogP contribution in [0.2, 0.25) is 0 Å². The molecule has 0 spiro atoms. The minimum Gasteiger partial charge on any atom is -0.481 e. The second-order valence-electron chi connectivity index (χ2n) is 3.39. The van der Waals surface area contributed by atoms with Crippen molar-refractivity contribution in [2.75, 3.05) is 32.7 Å². The molecule has 17 heavy (non-hydrogen) atoms. The van der Waals surface area contributed by atoms with E-state index in [4.69, 9.17) is 27.4 Å². The van der Waals surface area contributed by atoms with Crippen molar-refractivity contribution in [1.29, 1.82) is 0 Å². The molecule has 0 radical (unpaired) electrons. The Morgan fingerprint density at radius 1 is 1.35 bits per heavy atom. The Balaban J connectivity index is 2.84. The van der Waals surface area contributed by atoms with Gasteiger partial charge in [-0.05, 0) is 0 Å². The fraction of sp³-hybridized carbons (Fsp3) is 0.500. The smallest absolute Gasteiger partial charge is 0.231 e. The van der Waals surface area contributed by atoms with Gasteiger partial charge in [0, 0.05) is 20.0 Å². The van der Waals surface area contributed by atoms with E-state index in [1.165, 1.54) is 0 Å². The van der Waals surface area contributed by atoms with Gasteiger partial charge >= 0.3 is 0 Å². The molecule has 1 aromatic heterocycles. The van der Waals surface area contributed by atoms with Crippen LogP contribution in [0, 0.1) is 0 Å². The molecule has 0 aliphatic heterocycles. The van der Waals surface area contributed by atoms with Crippen molar-refractivity contribution in [3.8, 4) is 11.8 Å². The number of rotatable bonds is 6. The van der Waals surface area contributed by atoms with Crippen molar-refractivity contribution in [1.82, 2.24) is 9.97 Å². The van der Waals surface area contributed by atoms with Crippen molar-refractivity contribution in [3.63, 3.8) is 0 Å². The lowest BCUT2D eigenvalue weighted by Crippen LogP contribution is -2.25. The van der Waals surface area contributed by atoms with E-state index in [2.05, 4.69) is 9.97 Å². The standard InChI is InChI=1S/C10H16N4O2S/c1-14(5-4-7(11)17)10-12-8(15-2)6-9(13-10)16-3/h6H,4-5H2,1-3H3,(H2,11,17). The maximum absolute atomic E-state index is 5.45. The molecule has 0 saturated carbocycles. The quantitative estimate of drug-likeness (QED) is 0.747. The topological polar surface area (TPSA) is 73.5 Å². The lowest BCUT2D eigenvalue weighted by Gasteiger charge is -2.17. The summed E-state index contributed by atoms with van der Waals surface area (Å²) in [6, 6.07) is 1.62. The van der Waals surface area contributed by atoms with E-state index in [1.807, 2.05) is 11.9 Å². The van der Waals surface area contributed by atoms with Crippen LogP contribution in [0.4, 0.5) is 5.95 Å². The summed E-state index contributed by atoms with van der Waals surface area (Å²) in [6.07, 6.45) is 0.606. The molecule has 0 aromatic carbocycles. The monoisotopic (exact) mass is 256 g/mol. The Hall–Kier alpha value is -1.63. The highest BCUT2D eigenvalue weighted by molar-refractivity contribution is 7.80. The molecule has 7 heteroatoms. The Morgan fingerprint density at radius 2 is 1.88 bits per heavy atom. The first kappa shape index (κ1) is 13.4. The van der Waals surface area contributed by atoms with E-state index in [9.17, 15) is 0 Å². The predicted octanol–water partition coefficient (Wildman–Crippen LogP) is 0.606. The summed E-state index contributed by atoms with van der Waals surface area (Å²) < 4.78 is 10.1. The molecule has 0 unspecified atom stereocenters. The number of methoxy groups -OCH3 is 2. The lowest BCUT2D eigenvalue weighted by atomic mass is 10.4. The van der Waals surface area contributed by atoms with Crippen molar-refractivity contribution in [2.45, 2.75) is 6.42 Å². The average Bonchev–Trinajstić information content (AvgIpc) is 2.34. The van der Waals surface area contributed by atoms with E-state index >= 15 is 0 Å². The van der Waals surface area contributed by atoms with E-state index in [-0.39, 0.29) is 0 Å². The van der Waals surface area contributed by atoms with Gasteiger partial charge in [0.05, 0.1) is 25.3 Å². The summed E-state index contributed by atoms with van der Waals surface area (Å²) in [7, 11) is 4.94. The van der Waals surface area contributed by atoms with Crippen LogP contribution in [-0.4, -0.2) is 42.8 Å². The van der Waals surface area contributed by atoms with Gasteiger partial charge < -0.3 is 20.1 Å². The molecule has 1 rings (SSSR count). The Bertz CT molecular complexity index is 378. The largest absolute Gasteiger partial charge is 0.481 e. The van der Waals surface area contributed by atoms with E-state index in [0.29, 0.717) is 35.7 Å². The first-order chi connectivity index (χ1) is 8.06. The van der Waals surface area contributed by atoms with Crippen LogP contribution in [0.25, 0.3) is 0 Å². The van der Waals surface area contributed by atoms with Crippen LogP contribution in [0.15, 0.2) is 6.07 Å². The Morgan fingerprint density at radius 3 is 2.29 bits per heavy atom. The van der Waals surface area contributed by atoms with Crippen LogP contribution < -0.4 is 20.1 Å². The van der Waals surface area contributed by atoms with Crippen LogP contribution in [0.3, 0.4) is 0 Å². The minimum absolute atomic E-state index is 0.453. The molecule has 2 N–H and O–H groups in total. The SMILES string of the molecule is COc1cc(OC)nc(N(C)CCC(N)=S)n1. The van der Waals surface area contributed by atoms with Crippen LogP contribution in [0.5, 0.6) is 11.8 Å². The normalized spacial score (nSPS) is 9.82. The predicted molar refractivity (Wildman–Crippen MR) is 69.8 cm³/mol. The Kier molecular flexibility index (Phi) is 4.89. The zero-order valence-electron chi connectivity index (χ0n) is 10.1. The van der Waals surface area contributed by atoms with Gasteiger partial charge in [0.25, 0.3) is 0 Å². The lowest BCUT2D eigenvalue weighted by molar-refractivity contribution is 0.372. The number of thiocarbonyl (C=S) groups is 1. The van der Waals surface area contributed by atoms with Crippen LogP contribution >= 0.6 is 12.2 Å². The molecule has 0 fully saturated rings. The number of anilines is 1. The number of hydrogen-bond donors (Lipinski definition) is 1. The number of ether oxygens (including phenoxy) is 2. The zero-order chi connectivity index (χ0) is 12.8. The molecule has 1 heterocycles. The molecule has 6 nitrogen and oxygen atoms in total. The van der Waals surface area contributed by atoms with Crippen molar-refractivity contribution in [3.05, 3.63) is 6.07 Å². The Labute approximate surface area is 106 Å². The zero-order valence-corrected chi connectivity index (χ0v) is 11.0. The maximum atomic E-state index is 5.45. The van der Waals surface area contributed by atoms with E-state index < -0.39 is 0 Å². The van der Waals surface area contributed by atoms with Gasteiger partial charge in [-0.25, -0.2) is 0 Å². The first-order valence-corrected chi connectivity index (χ1v) is 5.44. The highest BCUT2D eigenvalue weighted by Crippen LogP contribution is 2.19. The summed E-state index contributed by atoms with van der Waals surface area (Å²) in [5, 5.41) is 0. The summed E-state index contributed by atoms with van der Waals surface area (Å²) in [4.78, 5) is 10.7. The highest BCUT2D eigenvalue weighted by Gasteiger charge is 2.09. The van der Waals surface area contributed by atoms with Gasteiger partial charge in [0.1, 0.15) is 0 Å². The molecule has 1 aromatic rings. The third-order valence-corrected chi connectivity index (χ3v) is 2.32. The molecule has 0 amide bonds. The fourth-order valence-corrected chi connectivity index (χ4v) is 1.24. The van der Waals surface area contributed by atoms with Gasteiger partial charge in [-0.15, -0.1) is 0 Å². The van der Waals surface area contributed by atoms with Crippen LogP contribution in [-0.2, 0) is 0 Å². The second-order valence-corrected chi connectivity index (χ2v) is 3.91. The molecule has 94 valence electrons. The third kappa shape index (κ3) is 4.03. The number of nitrogens with zero attached hydrogens (tertiary/aromatic N) is 3. The third-order valence-electron chi connectivity index (χ3n) is 2.12. The average molecular weight is 256 g/mol. The second kappa shape index (κ2) is 6.19. The van der Waals surface area contributed by atoms with Gasteiger partial charge in [-0.3, -0.25) is 0 Å².